The van der Waals surface area contributed by atoms with Gasteiger partial charge in [-0.1, -0.05) is 6.92 Å². The first kappa shape index (κ1) is 28.4. The second-order valence-corrected chi connectivity index (χ2v) is 10.9. The van der Waals surface area contributed by atoms with Crippen molar-refractivity contribution in [2.75, 3.05) is 87.5 Å². The number of piperazine rings is 1. The molecule has 0 unspecified atom stereocenters. The molecule has 1 amide bonds. The molecule has 0 bridgehead atoms. The smallest absolute Gasteiger partial charge is 0.212 e. The van der Waals surface area contributed by atoms with Crippen LogP contribution in [0, 0.1) is 0 Å². The number of carbonyl (C=O) groups is 1. The molecular formula is C29H44N8O3. The number of ether oxygens (including phenoxy) is 2. The summed E-state index contributed by atoms with van der Waals surface area (Å²) in [6, 6.07) is 7.09. The molecule has 218 valence electrons. The fourth-order valence-corrected chi connectivity index (χ4v) is 5.92. The Morgan fingerprint density at radius 3 is 2.42 bits per heavy atom. The zero-order valence-corrected chi connectivity index (χ0v) is 24.1. The number of likely N-dealkylation sites (N-methyl/N-ethyl adjacent to an activating group) is 1. The van der Waals surface area contributed by atoms with Gasteiger partial charge in [-0.15, -0.1) is 0 Å². The molecule has 0 saturated carbocycles. The van der Waals surface area contributed by atoms with Crippen LogP contribution in [0.5, 0.6) is 5.75 Å². The molecular weight excluding hydrogens is 508 g/mol. The van der Waals surface area contributed by atoms with Crippen LogP contribution in [0.15, 0.2) is 18.2 Å². The van der Waals surface area contributed by atoms with Crippen LogP contribution in [0.2, 0.25) is 0 Å². The number of hydrogen-bond acceptors (Lipinski definition) is 10. The Bertz CT molecular complexity index is 1130. The van der Waals surface area contributed by atoms with E-state index in [1.165, 1.54) is 13.1 Å². The highest BCUT2D eigenvalue weighted by atomic mass is 16.5. The molecule has 0 spiro atoms. The lowest BCUT2D eigenvalue weighted by Crippen LogP contribution is -2.52. The van der Waals surface area contributed by atoms with Crippen molar-refractivity contribution in [2.45, 2.75) is 51.1 Å². The van der Waals surface area contributed by atoms with Gasteiger partial charge in [0, 0.05) is 76.3 Å². The van der Waals surface area contributed by atoms with Gasteiger partial charge in [0.15, 0.2) is 17.5 Å². The van der Waals surface area contributed by atoms with Crippen LogP contribution < -0.4 is 25.6 Å². The number of hydrogen-bond donors (Lipinski definition) is 3. The zero-order valence-electron chi connectivity index (χ0n) is 24.1. The highest BCUT2D eigenvalue weighted by molar-refractivity contribution is 5.80. The van der Waals surface area contributed by atoms with E-state index in [4.69, 9.17) is 19.4 Å². The topological polar surface area (TPSA) is 107 Å². The van der Waals surface area contributed by atoms with Gasteiger partial charge in [-0.3, -0.25) is 9.69 Å². The summed E-state index contributed by atoms with van der Waals surface area (Å²) in [4.78, 5) is 28.5. The van der Waals surface area contributed by atoms with Crippen molar-refractivity contribution in [3.05, 3.63) is 23.9 Å². The number of methoxy groups -OCH3 is 1. The molecule has 3 N–H and O–H groups in total. The molecule has 3 fully saturated rings. The van der Waals surface area contributed by atoms with Gasteiger partial charge in [0.2, 0.25) is 6.41 Å². The molecule has 1 aromatic heterocycles. The number of piperidine rings is 1. The van der Waals surface area contributed by atoms with E-state index in [0.29, 0.717) is 30.5 Å². The molecule has 11 heteroatoms. The van der Waals surface area contributed by atoms with Crippen molar-refractivity contribution in [1.29, 1.82) is 0 Å². The number of rotatable bonds is 10. The number of anilines is 5. The predicted octanol–water partition coefficient (Wildman–Crippen LogP) is 3.17. The monoisotopic (exact) mass is 552 g/mol. The number of amides is 1. The van der Waals surface area contributed by atoms with Crippen molar-refractivity contribution in [3.8, 4) is 5.75 Å². The number of benzene rings is 1. The minimum absolute atomic E-state index is 0.283. The average molecular weight is 553 g/mol. The first-order chi connectivity index (χ1) is 19.6. The van der Waals surface area contributed by atoms with Crippen molar-refractivity contribution in [3.63, 3.8) is 0 Å². The summed E-state index contributed by atoms with van der Waals surface area (Å²) in [5.41, 5.74) is 2.73. The van der Waals surface area contributed by atoms with Gasteiger partial charge in [-0.05, 0) is 51.3 Å². The normalized spacial score (nSPS) is 19.8. The number of aryl methyl sites for hydroxylation is 1. The van der Waals surface area contributed by atoms with Gasteiger partial charge in [0.25, 0.3) is 0 Å². The van der Waals surface area contributed by atoms with E-state index in [-0.39, 0.29) is 6.04 Å². The summed E-state index contributed by atoms with van der Waals surface area (Å²) in [5, 5.41) is 9.65. The fourth-order valence-electron chi connectivity index (χ4n) is 5.92. The lowest BCUT2D eigenvalue weighted by molar-refractivity contribution is -0.105. The fraction of sp³-hybridized carbons (Fsp3) is 0.621. The molecule has 3 aliphatic heterocycles. The molecule has 11 nitrogen and oxygen atoms in total. The van der Waals surface area contributed by atoms with Crippen LogP contribution in [-0.4, -0.2) is 105 Å². The maximum absolute atomic E-state index is 11.4. The predicted molar refractivity (Wildman–Crippen MR) is 159 cm³/mol. The first-order valence-corrected chi connectivity index (χ1v) is 14.7. The van der Waals surface area contributed by atoms with E-state index < -0.39 is 0 Å². The quantitative estimate of drug-likeness (QED) is 0.381. The van der Waals surface area contributed by atoms with Crippen molar-refractivity contribution in [1.82, 2.24) is 19.8 Å². The number of aromatic nitrogens is 2. The Hall–Kier alpha value is -3.15. The van der Waals surface area contributed by atoms with E-state index in [2.05, 4.69) is 43.8 Å². The van der Waals surface area contributed by atoms with Gasteiger partial charge < -0.3 is 35.2 Å². The van der Waals surface area contributed by atoms with Crippen LogP contribution in [0.3, 0.4) is 0 Å². The third kappa shape index (κ3) is 6.76. The molecule has 5 rings (SSSR count). The minimum atomic E-state index is 0.283. The Morgan fingerprint density at radius 2 is 1.75 bits per heavy atom. The van der Waals surface area contributed by atoms with Gasteiger partial charge >= 0.3 is 0 Å². The Kier molecular flexibility index (Phi) is 9.56. The van der Waals surface area contributed by atoms with Crippen LogP contribution >= 0.6 is 0 Å². The zero-order chi connectivity index (χ0) is 27.9. The molecule has 3 aliphatic rings. The molecule has 3 saturated heterocycles. The summed E-state index contributed by atoms with van der Waals surface area (Å²) >= 11 is 0. The minimum Gasteiger partial charge on any atom is -0.495 e. The molecule has 0 atom stereocenters. The summed E-state index contributed by atoms with van der Waals surface area (Å²) in [6.07, 6.45) is 5.50. The SMILES string of the molecule is CCc1nc(NC=O)c(Nc2ccc(N3CCC(N4CCN(C)CC4)CC3)c(OC)c2)nc1NC1CCOCC1. The van der Waals surface area contributed by atoms with E-state index >= 15 is 0 Å². The number of carbonyl (C=O) groups excluding carboxylic acids is 1. The van der Waals surface area contributed by atoms with Crippen molar-refractivity contribution in [2.24, 2.45) is 0 Å². The third-order valence-corrected chi connectivity index (χ3v) is 8.36. The second-order valence-electron chi connectivity index (χ2n) is 10.9. The molecule has 0 aliphatic carbocycles. The van der Waals surface area contributed by atoms with E-state index in [1.54, 1.807) is 7.11 Å². The van der Waals surface area contributed by atoms with Crippen LogP contribution in [0.1, 0.15) is 38.3 Å². The van der Waals surface area contributed by atoms with Gasteiger partial charge in [-0.25, -0.2) is 9.97 Å². The molecule has 40 heavy (non-hydrogen) atoms. The lowest BCUT2D eigenvalue weighted by Gasteiger charge is -2.42. The third-order valence-electron chi connectivity index (χ3n) is 8.36. The Balaban J connectivity index is 1.30. The first-order valence-electron chi connectivity index (χ1n) is 14.7. The van der Waals surface area contributed by atoms with Crippen LogP contribution in [-0.2, 0) is 16.0 Å². The Labute approximate surface area is 237 Å². The van der Waals surface area contributed by atoms with Gasteiger partial charge in [0.05, 0.1) is 18.5 Å². The second kappa shape index (κ2) is 13.5. The lowest BCUT2D eigenvalue weighted by atomic mass is 10.0. The van der Waals surface area contributed by atoms with E-state index in [9.17, 15) is 4.79 Å². The highest BCUT2D eigenvalue weighted by Gasteiger charge is 2.28. The van der Waals surface area contributed by atoms with E-state index in [0.717, 1.165) is 93.7 Å². The average Bonchev–Trinajstić information content (AvgIpc) is 2.99. The summed E-state index contributed by atoms with van der Waals surface area (Å²) in [6.45, 7) is 10.2. The largest absolute Gasteiger partial charge is 0.495 e. The maximum atomic E-state index is 11.4. The van der Waals surface area contributed by atoms with Gasteiger partial charge in [-0.2, -0.15) is 0 Å². The summed E-state index contributed by atoms with van der Waals surface area (Å²) in [7, 11) is 3.92. The standard InChI is InChI=1S/C29H44N8O3/c1-4-24-27(31-21-9-17-40-18-10-21)34-29(28(33-24)30-20-38)32-22-5-6-25(26(19-22)39-3)37-11-7-23(8-12-37)36-15-13-35(2)14-16-36/h5-6,19-21,23H,4,7-18H2,1-3H3,(H,30,33,38)(H2,31,32,34). The molecule has 2 aromatic rings. The molecule has 1 aromatic carbocycles. The van der Waals surface area contributed by atoms with Crippen molar-refractivity contribution < 1.29 is 14.3 Å². The van der Waals surface area contributed by atoms with Crippen LogP contribution in [0.4, 0.5) is 28.8 Å². The Morgan fingerprint density at radius 1 is 1.00 bits per heavy atom. The summed E-state index contributed by atoms with van der Waals surface area (Å²) in [5.74, 6) is 2.44. The maximum Gasteiger partial charge on any atom is 0.212 e. The number of nitrogens with zero attached hydrogens (tertiary/aromatic N) is 5. The molecule has 4 heterocycles. The van der Waals surface area contributed by atoms with Crippen LogP contribution in [0.25, 0.3) is 0 Å². The highest BCUT2D eigenvalue weighted by Crippen LogP contribution is 2.35. The number of nitrogens with one attached hydrogen (secondary N) is 3. The van der Waals surface area contributed by atoms with E-state index in [1.807, 2.05) is 19.1 Å². The van der Waals surface area contributed by atoms with Crippen molar-refractivity contribution >= 4 is 35.2 Å². The molecule has 0 radical (unpaired) electrons. The summed E-state index contributed by atoms with van der Waals surface area (Å²) < 4.78 is 11.3. The van der Waals surface area contributed by atoms with Gasteiger partial charge in [0.1, 0.15) is 5.75 Å².